The smallest absolute Gasteiger partial charge is 0.303 e. The van der Waals surface area contributed by atoms with E-state index in [1.165, 1.54) is 5.56 Å². The number of hydrogen-bond donors (Lipinski definition) is 1. The molecule has 0 unspecified atom stereocenters. The normalized spacial score (nSPS) is 14.7. The molecule has 0 saturated carbocycles. The predicted octanol–water partition coefficient (Wildman–Crippen LogP) is 5.52. The lowest BCUT2D eigenvalue weighted by Gasteiger charge is -2.20. The molecule has 1 aromatic heterocycles. The average Bonchev–Trinajstić information content (AvgIpc) is 3.19. The number of carboxylic acid groups (broad SMARTS) is 1. The summed E-state index contributed by atoms with van der Waals surface area (Å²) in [6, 6.07) is 13.6. The summed E-state index contributed by atoms with van der Waals surface area (Å²) in [7, 11) is 2.03. The van der Waals surface area contributed by atoms with E-state index in [4.69, 9.17) is 26.4 Å². The summed E-state index contributed by atoms with van der Waals surface area (Å²) in [5.41, 5.74) is 4.31. The Morgan fingerprint density at radius 3 is 2.79 bits per heavy atom. The number of carbonyl (C=O) groups is 1. The van der Waals surface area contributed by atoms with Gasteiger partial charge in [0.05, 0.1) is 13.0 Å². The molecular formula is C26H28ClN3O3. The Bertz CT molecular complexity index is 1130. The Morgan fingerprint density at radius 2 is 2.03 bits per heavy atom. The Hall–Kier alpha value is -3.12. The van der Waals surface area contributed by atoms with Crippen LogP contribution in [0, 0.1) is 6.92 Å². The number of aromatic nitrogens is 2. The average molecular weight is 466 g/mol. The van der Waals surface area contributed by atoms with Gasteiger partial charge in [0, 0.05) is 35.9 Å². The number of ether oxygens (including phenoxy) is 1. The van der Waals surface area contributed by atoms with E-state index in [1.807, 2.05) is 56.6 Å². The summed E-state index contributed by atoms with van der Waals surface area (Å²) in [4.78, 5) is 22.4. The van der Waals surface area contributed by atoms with Crippen molar-refractivity contribution in [3.63, 3.8) is 0 Å². The van der Waals surface area contributed by atoms with E-state index in [-0.39, 0.29) is 12.3 Å². The van der Waals surface area contributed by atoms with Gasteiger partial charge in [-0.1, -0.05) is 17.7 Å². The molecule has 4 rings (SSSR count). The first-order valence-corrected chi connectivity index (χ1v) is 11.6. The highest BCUT2D eigenvalue weighted by molar-refractivity contribution is 6.30. The predicted molar refractivity (Wildman–Crippen MR) is 130 cm³/mol. The molecule has 0 saturated heterocycles. The molecule has 1 heterocycles. The molecule has 0 bridgehead atoms. The number of rotatable bonds is 9. The van der Waals surface area contributed by atoms with Crippen molar-refractivity contribution < 1.29 is 14.6 Å². The highest BCUT2D eigenvalue weighted by Crippen LogP contribution is 2.37. The molecule has 6 nitrogen and oxygen atoms in total. The third-order valence-electron chi connectivity index (χ3n) is 6.05. The maximum atomic E-state index is 11.0. The molecule has 0 fully saturated rings. The van der Waals surface area contributed by atoms with Crippen LogP contribution in [0.15, 0.2) is 48.7 Å². The summed E-state index contributed by atoms with van der Waals surface area (Å²) < 4.78 is 5.98. The Balaban J connectivity index is 1.32. The van der Waals surface area contributed by atoms with Crippen molar-refractivity contribution in [2.75, 3.05) is 25.1 Å². The summed E-state index contributed by atoms with van der Waals surface area (Å²) in [5, 5.41) is 9.77. The number of nitrogens with zero attached hydrogens (tertiary/aromatic N) is 3. The molecule has 0 spiro atoms. The van der Waals surface area contributed by atoms with Gasteiger partial charge in [-0.25, -0.2) is 9.97 Å². The van der Waals surface area contributed by atoms with Crippen molar-refractivity contribution in [3.8, 4) is 17.1 Å². The number of anilines is 1. The van der Waals surface area contributed by atoms with Gasteiger partial charge in [-0.3, -0.25) is 4.79 Å². The number of carboxylic acids is 1. The summed E-state index contributed by atoms with van der Waals surface area (Å²) in [5.74, 6) is 1.80. The SMILES string of the molecule is Cc1cnc(-c2ccc(Cl)cc2)nc1N(C)CCCOc1ccc2c(c1)CC[C@H]2CC(=O)O. The van der Waals surface area contributed by atoms with Crippen molar-refractivity contribution in [2.24, 2.45) is 0 Å². The van der Waals surface area contributed by atoms with Crippen molar-refractivity contribution in [1.82, 2.24) is 9.97 Å². The fourth-order valence-electron chi connectivity index (χ4n) is 4.35. The van der Waals surface area contributed by atoms with E-state index in [1.54, 1.807) is 0 Å². The maximum absolute atomic E-state index is 11.0. The Kier molecular flexibility index (Phi) is 7.14. The molecule has 1 N–H and O–H groups in total. The number of fused-ring (bicyclic) bond motifs is 1. The van der Waals surface area contributed by atoms with Crippen molar-refractivity contribution >= 4 is 23.4 Å². The lowest BCUT2D eigenvalue weighted by atomic mass is 9.98. The highest BCUT2D eigenvalue weighted by atomic mass is 35.5. The Morgan fingerprint density at radius 1 is 1.24 bits per heavy atom. The molecule has 7 heteroatoms. The molecule has 0 aliphatic heterocycles. The third-order valence-corrected chi connectivity index (χ3v) is 6.30. The van der Waals surface area contributed by atoms with E-state index in [2.05, 4.69) is 16.0 Å². The quantitative estimate of drug-likeness (QED) is 0.419. The Labute approximate surface area is 199 Å². The van der Waals surface area contributed by atoms with Gasteiger partial charge in [0.15, 0.2) is 5.82 Å². The van der Waals surface area contributed by atoms with Gasteiger partial charge in [-0.2, -0.15) is 0 Å². The first-order chi connectivity index (χ1) is 15.9. The maximum Gasteiger partial charge on any atom is 0.303 e. The van der Waals surface area contributed by atoms with E-state index < -0.39 is 5.97 Å². The topological polar surface area (TPSA) is 75.5 Å². The largest absolute Gasteiger partial charge is 0.494 e. The van der Waals surface area contributed by atoms with Crippen LogP contribution in [-0.4, -0.2) is 41.2 Å². The summed E-state index contributed by atoms with van der Waals surface area (Å²) in [6.45, 7) is 3.40. The first-order valence-electron chi connectivity index (χ1n) is 11.2. The molecule has 0 amide bonds. The van der Waals surface area contributed by atoms with Gasteiger partial charge >= 0.3 is 5.97 Å². The fraction of sp³-hybridized carbons (Fsp3) is 0.346. The number of hydrogen-bond acceptors (Lipinski definition) is 5. The van der Waals surface area contributed by atoms with Crippen LogP contribution in [0.4, 0.5) is 5.82 Å². The van der Waals surface area contributed by atoms with Crippen molar-refractivity contribution in [3.05, 3.63) is 70.4 Å². The monoisotopic (exact) mass is 465 g/mol. The first kappa shape index (κ1) is 23.1. The van der Waals surface area contributed by atoms with Crippen LogP contribution in [0.25, 0.3) is 11.4 Å². The minimum Gasteiger partial charge on any atom is -0.494 e. The van der Waals surface area contributed by atoms with Crippen molar-refractivity contribution in [1.29, 1.82) is 0 Å². The van der Waals surface area contributed by atoms with Crippen LogP contribution in [0.5, 0.6) is 5.75 Å². The second-order valence-corrected chi connectivity index (χ2v) is 8.96. The van der Waals surface area contributed by atoms with Gasteiger partial charge < -0.3 is 14.7 Å². The minimum absolute atomic E-state index is 0.120. The molecule has 1 atom stereocenters. The van der Waals surface area contributed by atoms with Gasteiger partial charge in [-0.05, 0) is 79.6 Å². The molecule has 3 aromatic rings. The highest BCUT2D eigenvalue weighted by Gasteiger charge is 2.24. The van der Waals surface area contributed by atoms with Gasteiger partial charge in [0.2, 0.25) is 0 Å². The second-order valence-electron chi connectivity index (χ2n) is 8.52. The van der Waals surface area contributed by atoms with E-state index in [0.717, 1.165) is 54.1 Å². The van der Waals surface area contributed by atoms with Crippen LogP contribution >= 0.6 is 11.6 Å². The standard InChI is InChI=1S/C26H28ClN3O3/c1-17-16-28-25(18-6-8-21(27)9-7-18)29-26(17)30(2)12-3-13-33-22-10-11-23-19(14-22)4-5-20(23)15-24(31)32/h6-11,14,16,20H,3-5,12-13,15H2,1-2H3,(H,31,32)/t20-/m0/s1. The number of aryl methyl sites for hydroxylation is 2. The molecule has 0 radical (unpaired) electrons. The van der Waals surface area contributed by atoms with Gasteiger partial charge in [0.1, 0.15) is 11.6 Å². The number of halogens is 1. The molecule has 172 valence electrons. The van der Waals surface area contributed by atoms with E-state index in [0.29, 0.717) is 17.5 Å². The number of aliphatic carboxylic acids is 1. The van der Waals surface area contributed by atoms with Crippen molar-refractivity contribution in [2.45, 2.75) is 38.5 Å². The third kappa shape index (κ3) is 5.63. The minimum atomic E-state index is -0.739. The zero-order chi connectivity index (χ0) is 23.4. The number of benzene rings is 2. The molecule has 1 aliphatic rings. The second kappa shape index (κ2) is 10.2. The van der Waals surface area contributed by atoms with Crippen LogP contribution in [0.3, 0.4) is 0 Å². The zero-order valence-electron chi connectivity index (χ0n) is 18.9. The molecule has 33 heavy (non-hydrogen) atoms. The summed E-state index contributed by atoms with van der Waals surface area (Å²) >= 11 is 5.99. The zero-order valence-corrected chi connectivity index (χ0v) is 19.7. The lowest BCUT2D eigenvalue weighted by Crippen LogP contribution is -2.22. The van der Waals surface area contributed by atoms with Crippen LogP contribution in [0.1, 0.15) is 41.9 Å². The summed E-state index contributed by atoms with van der Waals surface area (Å²) in [6.07, 6.45) is 4.69. The van der Waals surface area contributed by atoms with Gasteiger partial charge in [-0.15, -0.1) is 0 Å². The van der Waals surface area contributed by atoms with Crippen LogP contribution < -0.4 is 9.64 Å². The molecule has 2 aromatic carbocycles. The lowest BCUT2D eigenvalue weighted by molar-refractivity contribution is -0.137. The van der Waals surface area contributed by atoms with E-state index in [9.17, 15) is 4.79 Å². The van der Waals surface area contributed by atoms with Crippen LogP contribution in [-0.2, 0) is 11.2 Å². The molecule has 1 aliphatic carbocycles. The van der Waals surface area contributed by atoms with E-state index >= 15 is 0 Å². The fourth-order valence-corrected chi connectivity index (χ4v) is 4.48. The van der Waals surface area contributed by atoms with Gasteiger partial charge in [0.25, 0.3) is 0 Å². The van der Waals surface area contributed by atoms with Crippen LogP contribution in [0.2, 0.25) is 5.02 Å². The molecular weight excluding hydrogens is 438 g/mol.